The van der Waals surface area contributed by atoms with Crippen LogP contribution in [0.25, 0.3) is 5.57 Å². The highest BCUT2D eigenvalue weighted by Gasteiger charge is 2.41. The molecule has 0 saturated heterocycles. The molecule has 5 heteroatoms. The van der Waals surface area contributed by atoms with E-state index < -0.39 is 0 Å². The fraction of sp³-hybridized carbons (Fsp3) is 0.185. The van der Waals surface area contributed by atoms with Crippen molar-refractivity contribution in [2.24, 2.45) is 0 Å². The smallest absolute Gasteiger partial charge is 0.282 e. The summed E-state index contributed by atoms with van der Waals surface area (Å²) in [5.74, 6) is -0.0317. The van der Waals surface area contributed by atoms with E-state index in [0.29, 0.717) is 22.6 Å². The van der Waals surface area contributed by atoms with Crippen LogP contribution in [0.1, 0.15) is 27.8 Å². The second kappa shape index (κ2) is 8.35. The summed E-state index contributed by atoms with van der Waals surface area (Å²) in [6.07, 6.45) is 0. The second-order valence-electron chi connectivity index (χ2n) is 8.14. The van der Waals surface area contributed by atoms with Crippen molar-refractivity contribution < 1.29 is 14.3 Å². The number of hydrogen-bond acceptors (Lipinski definition) is 4. The third-order valence-corrected chi connectivity index (χ3v) is 5.77. The van der Waals surface area contributed by atoms with Crippen molar-refractivity contribution in [2.75, 3.05) is 17.3 Å². The van der Waals surface area contributed by atoms with E-state index in [-0.39, 0.29) is 17.5 Å². The van der Waals surface area contributed by atoms with Crippen LogP contribution in [0.15, 0.2) is 66.4 Å². The van der Waals surface area contributed by atoms with Gasteiger partial charge in [0.1, 0.15) is 11.4 Å². The minimum absolute atomic E-state index is 0.270. The molecule has 0 saturated carbocycles. The van der Waals surface area contributed by atoms with Crippen molar-refractivity contribution in [2.45, 2.75) is 27.7 Å². The molecule has 5 nitrogen and oxygen atoms in total. The lowest BCUT2D eigenvalue weighted by Gasteiger charge is -2.19. The summed E-state index contributed by atoms with van der Waals surface area (Å²) in [5.41, 5.74) is 6.70. The molecular formula is C27H26N2O3. The van der Waals surface area contributed by atoms with E-state index in [1.54, 1.807) is 31.4 Å². The summed E-state index contributed by atoms with van der Waals surface area (Å²) >= 11 is 0. The monoisotopic (exact) mass is 426 g/mol. The average molecular weight is 427 g/mol. The Morgan fingerprint density at radius 2 is 1.47 bits per heavy atom. The lowest BCUT2D eigenvalue weighted by atomic mass is 10.0. The number of ether oxygens (including phenoxy) is 1. The molecule has 0 spiro atoms. The molecule has 0 aromatic heterocycles. The number of imide groups is 1. The zero-order chi connectivity index (χ0) is 23.0. The SMILES string of the molecule is COc1ccc(C2=C(Nc3cc(C)cc(C)c3)C(=O)N(c3cccc(C)c3C)C2=O)cc1. The van der Waals surface area contributed by atoms with Gasteiger partial charge in [0.15, 0.2) is 0 Å². The first-order chi connectivity index (χ1) is 15.3. The van der Waals surface area contributed by atoms with Crippen LogP contribution in [0.5, 0.6) is 5.75 Å². The molecule has 32 heavy (non-hydrogen) atoms. The van der Waals surface area contributed by atoms with Crippen LogP contribution in [0, 0.1) is 27.7 Å². The second-order valence-corrected chi connectivity index (χ2v) is 8.14. The summed E-state index contributed by atoms with van der Waals surface area (Å²) in [5, 5.41) is 3.25. The van der Waals surface area contributed by atoms with Crippen molar-refractivity contribution in [1.29, 1.82) is 0 Å². The van der Waals surface area contributed by atoms with Gasteiger partial charge in [-0.2, -0.15) is 0 Å². The molecular weight excluding hydrogens is 400 g/mol. The van der Waals surface area contributed by atoms with Crippen LogP contribution in [-0.2, 0) is 9.59 Å². The molecule has 2 amide bonds. The summed E-state index contributed by atoms with van der Waals surface area (Å²) in [6, 6.07) is 18.8. The number of carbonyl (C=O) groups is 2. The zero-order valence-electron chi connectivity index (χ0n) is 18.9. The largest absolute Gasteiger partial charge is 0.497 e. The van der Waals surface area contributed by atoms with Gasteiger partial charge in [-0.05, 0) is 85.8 Å². The first-order valence-corrected chi connectivity index (χ1v) is 10.5. The maximum atomic E-state index is 13.6. The van der Waals surface area contributed by atoms with Crippen LogP contribution in [0.4, 0.5) is 11.4 Å². The number of methoxy groups -OCH3 is 1. The topological polar surface area (TPSA) is 58.6 Å². The van der Waals surface area contributed by atoms with Gasteiger partial charge in [0.2, 0.25) is 0 Å². The van der Waals surface area contributed by atoms with Gasteiger partial charge in [-0.15, -0.1) is 0 Å². The molecule has 1 aliphatic heterocycles. The Kier molecular flexibility index (Phi) is 5.57. The fourth-order valence-electron chi connectivity index (χ4n) is 4.06. The van der Waals surface area contributed by atoms with E-state index in [0.717, 1.165) is 27.9 Å². The highest BCUT2D eigenvalue weighted by Crippen LogP contribution is 2.36. The van der Waals surface area contributed by atoms with Gasteiger partial charge in [0.25, 0.3) is 11.8 Å². The van der Waals surface area contributed by atoms with E-state index >= 15 is 0 Å². The maximum Gasteiger partial charge on any atom is 0.282 e. The molecule has 0 fully saturated rings. The Bertz CT molecular complexity index is 1240. The van der Waals surface area contributed by atoms with Crippen LogP contribution >= 0.6 is 0 Å². The van der Waals surface area contributed by atoms with Crippen molar-refractivity contribution in [3.05, 3.63) is 94.2 Å². The van der Waals surface area contributed by atoms with E-state index in [1.165, 1.54) is 4.90 Å². The number of benzene rings is 3. The van der Waals surface area contributed by atoms with Gasteiger partial charge in [0, 0.05) is 5.69 Å². The number of nitrogens with zero attached hydrogens (tertiary/aromatic N) is 1. The number of carbonyl (C=O) groups excluding carboxylic acids is 2. The normalized spacial score (nSPS) is 13.7. The molecule has 1 aliphatic rings. The number of amides is 2. The van der Waals surface area contributed by atoms with Gasteiger partial charge >= 0.3 is 0 Å². The van der Waals surface area contributed by atoms with Gasteiger partial charge in [-0.3, -0.25) is 9.59 Å². The van der Waals surface area contributed by atoms with Crippen LogP contribution in [-0.4, -0.2) is 18.9 Å². The molecule has 0 atom stereocenters. The quantitative estimate of drug-likeness (QED) is 0.561. The Morgan fingerprint density at radius 1 is 0.812 bits per heavy atom. The predicted octanol–water partition coefficient (Wildman–Crippen LogP) is 5.33. The van der Waals surface area contributed by atoms with Gasteiger partial charge < -0.3 is 10.1 Å². The van der Waals surface area contributed by atoms with Gasteiger partial charge in [0.05, 0.1) is 18.4 Å². The molecule has 1 heterocycles. The molecule has 0 bridgehead atoms. The minimum Gasteiger partial charge on any atom is -0.497 e. The molecule has 0 unspecified atom stereocenters. The number of rotatable bonds is 5. The van der Waals surface area contributed by atoms with E-state index in [9.17, 15) is 9.59 Å². The van der Waals surface area contributed by atoms with Crippen LogP contribution in [0.3, 0.4) is 0 Å². The number of aryl methyl sites for hydroxylation is 3. The van der Waals surface area contributed by atoms with Crippen molar-refractivity contribution in [3.8, 4) is 5.75 Å². The predicted molar refractivity (Wildman–Crippen MR) is 128 cm³/mol. The van der Waals surface area contributed by atoms with Crippen LogP contribution < -0.4 is 15.0 Å². The lowest BCUT2D eigenvalue weighted by molar-refractivity contribution is -0.120. The lowest BCUT2D eigenvalue weighted by Crippen LogP contribution is -2.33. The van der Waals surface area contributed by atoms with Crippen molar-refractivity contribution in [3.63, 3.8) is 0 Å². The molecule has 3 aromatic carbocycles. The van der Waals surface area contributed by atoms with Crippen molar-refractivity contribution in [1.82, 2.24) is 0 Å². The molecule has 4 rings (SSSR count). The third kappa shape index (κ3) is 3.78. The Morgan fingerprint density at radius 3 is 2.09 bits per heavy atom. The Hall–Kier alpha value is -3.86. The highest BCUT2D eigenvalue weighted by atomic mass is 16.5. The highest BCUT2D eigenvalue weighted by molar-refractivity contribution is 6.46. The summed E-state index contributed by atoms with van der Waals surface area (Å²) < 4.78 is 5.25. The maximum absolute atomic E-state index is 13.6. The molecule has 0 aliphatic carbocycles. The molecule has 162 valence electrons. The summed E-state index contributed by atoms with van der Waals surface area (Å²) in [4.78, 5) is 28.5. The summed E-state index contributed by atoms with van der Waals surface area (Å²) in [7, 11) is 1.59. The number of anilines is 2. The first-order valence-electron chi connectivity index (χ1n) is 10.5. The Balaban J connectivity index is 1.86. The summed E-state index contributed by atoms with van der Waals surface area (Å²) in [6.45, 7) is 7.89. The van der Waals surface area contributed by atoms with E-state index in [1.807, 2.05) is 58.0 Å². The van der Waals surface area contributed by atoms with Crippen LogP contribution in [0.2, 0.25) is 0 Å². The number of hydrogen-bond donors (Lipinski definition) is 1. The van der Waals surface area contributed by atoms with Crippen molar-refractivity contribution >= 4 is 28.8 Å². The molecule has 3 aromatic rings. The minimum atomic E-state index is -0.367. The standard InChI is InChI=1S/C27H26N2O3/c1-16-13-17(2)15-21(14-16)28-25-24(20-9-11-22(32-5)12-10-20)26(30)29(27(25)31)23-8-6-7-18(3)19(23)4/h6-15,28H,1-5H3. The van der Waals surface area contributed by atoms with E-state index in [4.69, 9.17) is 4.74 Å². The first kappa shape index (κ1) is 21.4. The fourth-order valence-corrected chi connectivity index (χ4v) is 4.06. The van der Waals surface area contributed by atoms with Gasteiger partial charge in [-0.1, -0.05) is 30.3 Å². The Labute approximate surface area is 188 Å². The van der Waals surface area contributed by atoms with E-state index in [2.05, 4.69) is 11.4 Å². The van der Waals surface area contributed by atoms with Gasteiger partial charge in [-0.25, -0.2) is 4.90 Å². The number of nitrogens with one attached hydrogen (secondary N) is 1. The molecule has 0 radical (unpaired) electrons. The molecule has 1 N–H and O–H groups in total. The third-order valence-electron chi connectivity index (χ3n) is 5.77. The average Bonchev–Trinajstić information content (AvgIpc) is 2.99. The zero-order valence-corrected chi connectivity index (χ0v) is 18.9.